The SMILES string of the molecule is CC[C@@H](C)NC(=O)[C@@H](C)N(Cc1cccc(C)c1)C(=O)Cc1ccccc1Cl. The first kappa shape index (κ1) is 22.0. The van der Waals surface area contributed by atoms with Gasteiger partial charge in [-0.3, -0.25) is 9.59 Å². The maximum atomic E-state index is 13.1. The molecular weight excluding hydrogens is 372 g/mol. The van der Waals surface area contributed by atoms with E-state index in [4.69, 9.17) is 11.6 Å². The molecule has 2 amide bonds. The number of hydrogen-bond donors (Lipinski definition) is 1. The maximum Gasteiger partial charge on any atom is 0.242 e. The molecule has 0 aliphatic rings. The van der Waals surface area contributed by atoms with Crippen molar-refractivity contribution in [2.45, 2.75) is 59.2 Å². The van der Waals surface area contributed by atoms with Crippen molar-refractivity contribution in [3.8, 4) is 0 Å². The Morgan fingerprint density at radius 1 is 1.11 bits per heavy atom. The van der Waals surface area contributed by atoms with Gasteiger partial charge >= 0.3 is 0 Å². The quantitative estimate of drug-likeness (QED) is 0.708. The highest BCUT2D eigenvalue weighted by atomic mass is 35.5. The fraction of sp³-hybridized carbons (Fsp3) is 0.391. The van der Waals surface area contributed by atoms with Gasteiger partial charge < -0.3 is 10.2 Å². The first-order valence-corrected chi connectivity index (χ1v) is 10.1. The zero-order valence-electron chi connectivity index (χ0n) is 17.0. The van der Waals surface area contributed by atoms with Gasteiger partial charge in [0.15, 0.2) is 0 Å². The van der Waals surface area contributed by atoms with Gasteiger partial charge in [0, 0.05) is 17.6 Å². The molecule has 0 radical (unpaired) electrons. The van der Waals surface area contributed by atoms with Crippen LogP contribution >= 0.6 is 11.6 Å². The van der Waals surface area contributed by atoms with Crippen LogP contribution in [0.25, 0.3) is 0 Å². The molecule has 0 heterocycles. The van der Waals surface area contributed by atoms with Gasteiger partial charge in [0.25, 0.3) is 0 Å². The predicted molar refractivity (Wildman–Crippen MR) is 114 cm³/mol. The highest BCUT2D eigenvalue weighted by molar-refractivity contribution is 6.31. The van der Waals surface area contributed by atoms with Crippen LogP contribution in [-0.2, 0) is 22.6 Å². The summed E-state index contributed by atoms with van der Waals surface area (Å²) < 4.78 is 0. The maximum absolute atomic E-state index is 13.1. The number of carbonyl (C=O) groups excluding carboxylic acids is 2. The number of benzene rings is 2. The standard InChI is InChI=1S/C23H29ClN2O2/c1-5-17(3)25-23(28)18(4)26(15-19-10-8-9-16(2)13-19)22(27)14-20-11-6-7-12-21(20)24/h6-13,17-18H,5,14-15H2,1-4H3,(H,25,28)/t17-,18-/m1/s1. The van der Waals surface area contributed by atoms with Gasteiger partial charge in [0.2, 0.25) is 11.8 Å². The lowest BCUT2D eigenvalue weighted by atomic mass is 10.1. The fourth-order valence-electron chi connectivity index (χ4n) is 2.96. The fourth-order valence-corrected chi connectivity index (χ4v) is 3.16. The smallest absolute Gasteiger partial charge is 0.242 e. The van der Waals surface area contributed by atoms with Crippen LogP contribution in [-0.4, -0.2) is 28.8 Å². The molecule has 0 saturated carbocycles. The van der Waals surface area contributed by atoms with Gasteiger partial charge in [0.05, 0.1) is 6.42 Å². The largest absolute Gasteiger partial charge is 0.352 e. The van der Waals surface area contributed by atoms with Crippen LogP contribution in [0.15, 0.2) is 48.5 Å². The van der Waals surface area contributed by atoms with E-state index in [-0.39, 0.29) is 24.3 Å². The molecule has 2 aromatic rings. The summed E-state index contributed by atoms with van der Waals surface area (Å²) in [5.74, 6) is -0.268. The Morgan fingerprint density at radius 2 is 1.82 bits per heavy atom. The summed E-state index contributed by atoms with van der Waals surface area (Å²) in [4.78, 5) is 27.5. The van der Waals surface area contributed by atoms with Gasteiger partial charge in [-0.2, -0.15) is 0 Å². The van der Waals surface area contributed by atoms with E-state index in [1.165, 1.54) is 0 Å². The van der Waals surface area contributed by atoms with Crippen molar-refractivity contribution >= 4 is 23.4 Å². The van der Waals surface area contributed by atoms with E-state index in [0.29, 0.717) is 11.6 Å². The lowest BCUT2D eigenvalue weighted by Gasteiger charge is -2.30. The summed E-state index contributed by atoms with van der Waals surface area (Å²) in [6, 6.07) is 14.8. The molecular formula is C23H29ClN2O2. The zero-order chi connectivity index (χ0) is 20.7. The van der Waals surface area contributed by atoms with Gasteiger partial charge in [-0.1, -0.05) is 66.6 Å². The van der Waals surface area contributed by atoms with E-state index in [1.807, 2.05) is 63.2 Å². The Bertz CT molecular complexity index is 822. The van der Waals surface area contributed by atoms with Crippen LogP contribution in [0.5, 0.6) is 0 Å². The van der Waals surface area contributed by atoms with Crippen molar-refractivity contribution in [1.29, 1.82) is 0 Å². The summed E-state index contributed by atoms with van der Waals surface area (Å²) in [6.45, 7) is 8.14. The van der Waals surface area contributed by atoms with Crippen molar-refractivity contribution in [3.63, 3.8) is 0 Å². The van der Waals surface area contributed by atoms with Crippen molar-refractivity contribution < 1.29 is 9.59 Å². The highest BCUT2D eigenvalue weighted by Crippen LogP contribution is 2.18. The van der Waals surface area contributed by atoms with Crippen LogP contribution in [0.4, 0.5) is 0 Å². The van der Waals surface area contributed by atoms with Crippen molar-refractivity contribution in [2.75, 3.05) is 0 Å². The highest BCUT2D eigenvalue weighted by Gasteiger charge is 2.27. The van der Waals surface area contributed by atoms with E-state index in [9.17, 15) is 9.59 Å². The predicted octanol–water partition coefficient (Wildman–Crippen LogP) is 4.52. The molecule has 5 heteroatoms. The topological polar surface area (TPSA) is 49.4 Å². The number of amides is 2. The second kappa shape index (κ2) is 10.3. The molecule has 2 rings (SSSR count). The lowest BCUT2D eigenvalue weighted by molar-refractivity contribution is -0.140. The van der Waals surface area contributed by atoms with Crippen LogP contribution in [0.2, 0.25) is 5.02 Å². The Balaban J connectivity index is 2.25. The molecule has 0 saturated heterocycles. The molecule has 0 unspecified atom stereocenters. The molecule has 2 aromatic carbocycles. The van der Waals surface area contributed by atoms with E-state index in [1.54, 1.807) is 17.9 Å². The van der Waals surface area contributed by atoms with Crippen LogP contribution in [0.1, 0.15) is 43.9 Å². The molecule has 0 aromatic heterocycles. The Hall–Kier alpha value is -2.33. The third-order valence-corrected chi connectivity index (χ3v) is 5.27. The second-order valence-corrected chi connectivity index (χ2v) is 7.68. The van der Waals surface area contributed by atoms with Crippen molar-refractivity contribution in [2.24, 2.45) is 0 Å². The minimum absolute atomic E-state index is 0.0643. The van der Waals surface area contributed by atoms with Gasteiger partial charge in [-0.25, -0.2) is 0 Å². The third kappa shape index (κ3) is 6.10. The Morgan fingerprint density at radius 3 is 2.46 bits per heavy atom. The third-order valence-electron chi connectivity index (χ3n) is 4.90. The van der Waals surface area contributed by atoms with Crippen molar-refractivity contribution in [1.82, 2.24) is 10.2 Å². The number of rotatable bonds is 8. The average molecular weight is 401 g/mol. The van der Waals surface area contributed by atoms with Crippen LogP contribution in [0.3, 0.4) is 0 Å². The molecule has 2 atom stereocenters. The number of hydrogen-bond acceptors (Lipinski definition) is 2. The molecule has 0 aliphatic carbocycles. The molecule has 150 valence electrons. The molecule has 0 fully saturated rings. The zero-order valence-corrected chi connectivity index (χ0v) is 17.8. The molecule has 0 bridgehead atoms. The minimum Gasteiger partial charge on any atom is -0.352 e. The van der Waals surface area contributed by atoms with Crippen LogP contribution < -0.4 is 5.32 Å². The number of nitrogens with one attached hydrogen (secondary N) is 1. The van der Waals surface area contributed by atoms with Gasteiger partial charge in [0.1, 0.15) is 6.04 Å². The van der Waals surface area contributed by atoms with Crippen molar-refractivity contribution in [3.05, 3.63) is 70.2 Å². The minimum atomic E-state index is -0.579. The lowest BCUT2D eigenvalue weighted by Crippen LogP contribution is -2.49. The Kier molecular flexibility index (Phi) is 8.06. The summed E-state index contributed by atoms with van der Waals surface area (Å²) >= 11 is 6.23. The average Bonchev–Trinajstić information content (AvgIpc) is 2.67. The first-order chi connectivity index (χ1) is 13.3. The molecule has 4 nitrogen and oxygen atoms in total. The Labute approximate surface area is 172 Å². The second-order valence-electron chi connectivity index (χ2n) is 7.27. The van der Waals surface area contributed by atoms with Gasteiger partial charge in [-0.05, 0) is 44.4 Å². The number of aryl methyl sites for hydroxylation is 1. The van der Waals surface area contributed by atoms with Crippen LogP contribution in [0, 0.1) is 6.92 Å². The number of halogens is 1. The normalized spacial score (nSPS) is 12.9. The summed E-state index contributed by atoms with van der Waals surface area (Å²) in [6.07, 6.45) is 0.996. The van der Waals surface area contributed by atoms with Gasteiger partial charge in [-0.15, -0.1) is 0 Å². The summed E-state index contributed by atoms with van der Waals surface area (Å²) in [5, 5.41) is 3.54. The molecule has 0 aliphatic heterocycles. The monoisotopic (exact) mass is 400 g/mol. The number of nitrogens with zero attached hydrogens (tertiary/aromatic N) is 1. The number of carbonyl (C=O) groups is 2. The van der Waals surface area contributed by atoms with E-state index in [0.717, 1.165) is 23.1 Å². The van der Waals surface area contributed by atoms with E-state index in [2.05, 4.69) is 5.32 Å². The first-order valence-electron chi connectivity index (χ1n) is 9.70. The molecule has 0 spiro atoms. The summed E-state index contributed by atoms with van der Waals surface area (Å²) in [5.41, 5.74) is 2.88. The molecule has 28 heavy (non-hydrogen) atoms. The van der Waals surface area contributed by atoms with E-state index < -0.39 is 6.04 Å². The van der Waals surface area contributed by atoms with E-state index >= 15 is 0 Å². The summed E-state index contributed by atoms with van der Waals surface area (Å²) in [7, 11) is 0. The molecule has 1 N–H and O–H groups in total.